The van der Waals surface area contributed by atoms with E-state index in [0.29, 0.717) is 22.0 Å². The van der Waals surface area contributed by atoms with Gasteiger partial charge in [0, 0.05) is 0 Å². The Morgan fingerprint density at radius 2 is 2.57 bits per heavy atom. The van der Waals surface area contributed by atoms with Crippen molar-refractivity contribution in [3.8, 4) is 0 Å². The molecule has 0 fully saturated rings. The summed E-state index contributed by atoms with van der Waals surface area (Å²) in [7, 11) is 1.57. The number of aromatic nitrogens is 1. The molecule has 0 unspecified atom stereocenters. The molecular formula is C2H2N2S2Se. The quantitative estimate of drug-likeness (QED) is 0.486. The second-order valence-corrected chi connectivity index (χ2v) is 5.22. The fourth-order valence-electron chi connectivity index (χ4n) is 0.206. The zero-order valence-corrected chi connectivity index (χ0v) is 6.60. The first-order chi connectivity index (χ1) is 3.29. The topological polar surface area (TPSA) is 38.9 Å². The molecule has 5 heteroatoms. The third-order valence-corrected chi connectivity index (χ3v) is 4.73. The maximum atomic E-state index is 5.29. The summed E-state index contributed by atoms with van der Waals surface area (Å²) in [5.41, 5.74) is 5.29. The first-order valence-corrected chi connectivity index (χ1v) is 5.62. The first kappa shape index (κ1) is 5.44. The molecule has 0 bridgehead atoms. The summed E-state index contributed by atoms with van der Waals surface area (Å²) < 4.78 is 1.40. The molecule has 1 heterocycles. The van der Waals surface area contributed by atoms with Gasteiger partial charge < -0.3 is 0 Å². The van der Waals surface area contributed by atoms with Gasteiger partial charge in [0.2, 0.25) is 0 Å². The monoisotopic (exact) mass is 198 g/mol. The van der Waals surface area contributed by atoms with Crippen molar-refractivity contribution in [2.24, 2.45) is 0 Å². The van der Waals surface area contributed by atoms with Crippen molar-refractivity contribution in [2.75, 3.05) is 5.73 Å². The van der Waals surface area contributed by atoms with E-state index in [9.17, 15) is 0 Å². The Kier molecular flexibility index (Phi) is 1.59. The molecule has 2 nitrogen and oxygen atoms in total. The number of nitrogens with zero attached hydrogens (tertiary/aromatic N) is 1. The Bertz CT molecular complexity index is 201. The van der Waals surface area contributed by atoms with Crippen molar-refractivity contribution in [2.45, 2.75) is 0 Å². The van der Waals surface area contributed by atoms with Crippen LogP contribution in [-0.4, -0.2) is 18.3 Å². The Hall–Kier alpha value is 0.299. The average Bonchev–Trinajstić information content (AvgIpc) is 1.87. The molecule has 0 atom stereocenters. The van der Waals surface area contributed by atoms with Crippen LogP contribution < -0.4 is 5.73 Å². The van der Waals surface area contributed by atoms with E-state index in [0.717, 1.165) is 0 Å². The predicted octanol–water partition coefficient (Wildman–Crippen LogP) is 0.512. The third-order valence-electron chi connectivity index (χ3n) is 0.400. The van der Waals surface area contributed by atoms with Gasteiger partial charge in [0.25, 0.3) is 0 Å². The Balaban J connectivity index is 3.30. The molecule has 38 valence electrons. The van der Waals surface area contributed by atoms with Crippen molar-refractivity contribution >= 4 is 40.0 Å². The summed E-state index contributed by atoms with van der Waals surface area (Å²) in [4.78, 5) is 3.81. The molecule has 7 heavy (non-hydrogen) atoms. The molecule has 0 aliphatic carbocycles. The minimum atomic E-state index is 0.303. The predicted molar refractivity (Wildman–Crippen MR) is 34.3 cm³/mol. The van der Waals surface area contributed by atoms with Gasteiger partial charge in [-0.3, -0.25) is 0 Å². The van der Waals surface area contributed by atoms with Gasteiger partial charge in [-0.25, -0.2) is 0 Å². The standard InChI is InChI=1S/C2H2N2S2Se/c3-1-4-2(5)6-7-1/h(H2,3,4,5). The third kappa shape index (κ3) is 1.35. The van der Waals surface area contributed by atoms with E-state index < -0.39 is 0 Å². The molecule has 1 aromatic rings. The zero-order chi connectivity index (χ0) is 5.28. The number of anilines is 1. The van der Waals surface area contributed by atoms with Crippen LogP contribution in [0.4, 0.5) is 4.69 Å². The molecule has 1 rings (SSSR count). The number of hydrogen-bond donors (Lipinski definition) is 1. The summed E-state index contributed by atoms with van der Waals surface area (Å²) in [5, 5.41) is 0. The van der Waals surface area contributed by atoms with Crippen LogP contribution in [0.3, 0.4) is 0 Å². The first-order valence-electron chi connectivity index (χ1n) is 1.51. The van der Waals surface area contributed by atoms with Crippen LogP contribution in [0.15, 0.2) is 0 Å². The van der Waals surface area contributed by atoms with E-state index in [-0.39, 0.29) is 0 Å². The van der Waals surface area contributed by atoms with Gasteiger partial charge in [0.15, 0.2) is 0 Å². The van der Waals surface area contributed by atoms with Crippen LogP contribution >= 0.6 is 21.9 Å². The molecule has 0 saturated heterocycles. The molecule has 0 radical (unpaired) electrons. The average molecular weight is 197 g/mol. The molecule has 0 aromatic carbocycles. The Morgan fingerprint density at radius 1 is 1.86 bits per heavy atom. The van der Waals surface area contributed by atoms with Gasteiger partial charge in [-0.15, -0.1) is 0 Å². The van der Waals surface area contributed by atoms with Gasteiger partial charge in [0.1, 0.15) is 0 Å². The molecule has 2 N–H and O–H groups in total. The number of nitrogens with two attached hydrogens (primary N) is 1. The summed E-state index contributed by atoms with van der Waals surface area (Å²) >= 11 is 5.01. The molecule has 0 aliphatic heterocycles. The Labute approximate surface area is 54.8 Å². The van der Waals surface area contributed by atoms with Gasteiger partial charge in [-0.2, -0.15) is 0 Å². The number of rotatable bonds is 0. The fraction of sp³-hybridized carbons (Fsp3) is 0. The van der Waals surface area contributed by atoms with E-state index in [1.807, 2.05) is 0 Å². The van der Waals surface area contributed by atoms with Crippen LogP contribution in [0.2, 0.25) is 0 Å². The van der Waals surface area contributed by atoms with Crippen molar-refractivity contribution in [3.63, 3.8) is 0 Å². The van der Waals surface area contributed by atoms with Crippen LogP contribution in [0, 0.1) is 3.95 Å². The molecule has 0 spiro atoms. The summed E-state index contributed by atoms with van der Waals surface area (Å²) in [5.74, 6) is 0. The fourth-order valence-corrected chi connectivity index (χ4v) is 3.07. The minimum absolute atomic E-state index is 0.303. The van der Waals surface area contributed by atoms with Crippen molar-refractivity contribution < 1.29 is 0 Å². The van der Waals surface area contributed by atoms with Gasteiger partial charge in [-0.1, -0.05) is 0 Å². The Morgan fingerprint density at radius 3 is 2.71 bits per heavy atom. The summed E-state index contributed by atoms with van der Waals surface area (Å²) in [6, 6.07) is 0. The van der Waals surface area contributed by atoms with Crippen molar-refractivity contribution in [3.05, 3.63) is 3.95 Å². The van der Waals surface area contributed by atoms with Crippen molar-refractivity contribution in [1.29, 1.82) is 0 Å². The van der Waals surface area contributed by atoms with Gasteiger partial charge >= 0.3 is 54.6 Å². The van der Waals surface area contributed by atoms with E-state index in [2.05, 4.69) is 4.98 Å². The van der Waals surface area contributed by atoms with E-state index in [1.54, 1.807) is 9.72 Å². The molecule has 1 aromatic heterocycles. The summed E-state index contributed by atoms with van der Waals surface area (Å²) in [6.45, 7) is 0. The molecule has 0 saturated carbocycles. The van der Waals surface area contributed by atoms with Crippen molar-refractivity contribution in [1.82, 2.24) is 4.98 Å². The SMILES string of the molecule is Nc1nc(=S)s[se]1. The molecule has 0 aliphatic rings. The normalized spacial score (nSPS) is 9.14. The van der Waals surface area contributed by atoms with Gasteiger partial charge in [0.05, 0.1) is 0 Å². The van der Waals surface area contributed by atoms with Gasteiger partial charge in [-0.05, 0) is 0 Å². The van der Waals surface area contributed by atoms with E-state index >= 15 is 0 Å². The van der Waals surface area contributed by atoms with Crippen LogP contribution in [0.1, 0.15) is 0 Å². The second kappa shape index (κ2) is 2.05. The van der Waals surface area contributed by atoms with Crippen LogP contribution in [0.5, 0.6) is 0 Å². The summed E-state index contributed by atoms with van der Waals surface area (Å²) in [6.07, 6.45) is 0. The number of nitrogen functional groups attached to an aromatic ring is 1. The van der Waals surface area contributed by atoms with E-state index in [1.165, 1.54) is 0 Å². The molecular weight excluding hydrogens is 195 g/mol. The van der Waals surface area contributed by atoms with E-state index in [4.69, 9.17) is 18.0 Å². The van der Waals surface area contributed by atoms with Crippen LogP contribution in [-0.2, 0) is 0 Å². The number of hydrogen-bond acceptors (Lipinski definition) is 4. The van der Waals surface area contributed by atoms with Crippen LogP contribution in [0.25, 0.3) is 0 Å². The second-order valence-electron chi connectivity index (χ2n) is 0.883. The molecule has 0 amide bonds. The zero-order valence-electron chi connectivity index (χ0n) is 3.25. The maximum absolute atomic E-state index is 5.29.